The van der Waals surface area contributed by atoms with Crippen LogP contribution in [-0.4, -0.2) is 37.7 Å². The molecule has 1 aromatic carbocycles. The molecule has 1 aliphatic rings. The molecule has 0 unspecified atom stereocenters. The molecule has 1 saturated heterocycles. The van der Waals surface area contributed by atoms with Gasteiger partial charge in [0.2, 0.25) is 0 Å². The summed E-state index contributed by atoms with van der Waals surface area (Å²) in [5, 5.41) is 0. The van der Waals surface area contributed by atoms with Crippen molar-refractivity contribution in [3.63, 3.8) is 0 Å². The number of hydrogen-bond acceptors (Lipinski definition) is 3. The van der Waals surface area contributed by atoms with Crippen LogP contribution < -0.4 is 10.5 Å². The third-order valence-electron chi connectivity index (χ3n) is 3.91. The Labute approximate surface area is 116 Å². The molecule has 2 N–H and O–H groups in total. The lowest BCUT2D eigenvalue weighted by atomic mass is 9.93. The largest absolute Gasteiger partial charge is 0.494 e. The van der Waals surface area contributed by atoms with Gasteiger partial charge in [-0.15, -0.1) is 0 Å². The second kappa shape index (κ2) is 8.18. The van der Waals surface area contributed by atoms with E-state index in [1.165, 1.54) is 32.4 Å². The van der Waals surface area contributed by atoms with Crippen LogP contribution in [0.1, 0.15) is 25.7 Å². The van der Waals surface area contributed by atoms with Gasteiger partial charge in [-0.1, -0.05) is 18.2 Å². The molecule has 1 fully saturated rings. The third kappa shape index (κ3) is 5.21. The number of rotatable bonds is 7. The molecule has 2 rings (SSSR count). The number of hydrogen-bond donors (Lipinski definition) is 1. The van der Waals surface area contributed by atoms with E-state index in [-0.39, 0.29) is 0 Å². The van der Waals surface area contributed by atoms with E-state index in [9.17, 15) is 0 Å². The van der Waals surface area contributed by atoms with E-state index < -0.39 is 0 Å². The summed E-state index contributed by atoms with van der Waals surface area (Å²) in [4.78, 5) is 2.56. The molecule has 3 nitrogen and oxygen atoms in total. The van der Waals surface area contributed by atoms with Crippen molar-refractivity contribution >= 4 is 0 Å². The fraction of sp³-hybridized carbons (Fsp3) is 0.625. The van der Waals surface area contributed by atoms with Crippen molar-refractivity contribution in [3.8, 4) is 5.75 Å². The number of ether oxygens (including phenoxy) is 1. The third-order valence-corrected chi connectivity index (χ3v) is 3.91. The summed E-state index contributed by atoms with van der Waals surface area (Å²) in [6.45, 7) is 5.27. The standard InChI is InChI=1S/C16H26N2O/c17-10-7-15-8-12-18(13-9-15)11-4-14-19-16-5-2-1-3-6-16/h1-3,5-6,15H,4,7-14,17H2. The molecular formula is C16H26N2O. The Bertz CT molecular complexity index is 334. The smallest absolute Gasteiger partial charge is 0.119 e. The number of nitrogens with two attached hydrogens (primary N) is 1. The highest BCUT2D eigenvalue weighted by atomic mass is 16.5. The molecule has 0 aromatic heterocycles. The second-order valence-corrected chi connectivity index (χ2v) is 5.38. The van der Waals surface area contributed by atoms with Gasteiger partial charge < -0.3 is 15.4 Å². The van der Waals surface area contributed by atoms with E-state index in [0.717, 1.165) is 37.8 Å². The molecule has 0 amide bonds. The van der Waals surface area contributed by atoms with E-state index in [4.69, 9.17) is 10.5 Å². The van der Waals surface area contributed by atoms with Crippen LogP contribution in [-0.2, 0) is 0 Å². The van der Waals surface area contributed by atoms with Crippen molar-refractivity contribution in [2.45, 2.75) is 25.7 Å². The molecular weight excluding hydrogens is 236 g/mol. The molecule has 0 aliphatic carbocycles. The van der Waals surface area contributed by atoms with Crippen LogP contribution in [0.3, 0.4) is 0 Å². The zero-order valence-corrected chi connectivity index (χ0v) is 11.8. The first-order chi connectivity index (χ1) is 9.38. The van der Waals surface area contributed by atoms with Gasteiger partial charge in [0, 0.05) is 6.54 Å². The second-order valence-electron chi connectivity index (χ2n) is 5.38. The summed E-state index contributed by atoms with van der Waals surface area (Å²) in [6.07, 6.45) is 4.94. The molecule has 1 aliphatic heterocycles. The molecule has 106 valence electrons. The van der Waals surface area contributed by atoms with Gasteiger partial charge in [0.05, 0.1) is 6.61 Å². The minimum Gasteiger partial charge on any atom is -0.494 e. The first-order valence-electron chi connectivity index (χ1n) is 7.49. The van der Waals surface area contributed by atoms with Gasteiger partial charge in [-0.05, 0) is 63.4 Å². The Morgan fingerprint density at radius 3 is 2.58 bits per heavy atom. The van der Waals surface area contributed by atoms with Crippen LogP contribution in [0.5, 0.6) is 5.75 Å². The number of nitrogens with zero attached hydrogens (tertiary/aromatic N) is 1. The van der Waals surface area contributed by atoms with Crippen molar-refractivity contribution in [3.05, 3.63) is 30.3 Å². The Hall–Kier alpha value is -1.06. The Morgan fingerprint density at radius 1 is 1.16 bits per heavy atom. The molecule has 19 heavy (non-hydrogen) atoms. The van der Waals surface area contributed by atoms with Crippen LogP contribution in [0, 0.1) is 5.92 Å². The first kappa shape index (κ1) is 14.4. The molecule has 1 aromatic rings. The maximum Gasteiger partial charge on any atom is 0.119 e. The van der Waals surface area contributed by atoms with Crippen molar-refractivity contribution in [2.75, 3.05) is 32.8 Å². The molecule has 0 radical (unpaired) electrons. The topological polar surface area (TPSA) is 38.5 Å². The SMILES string of the molecule is NCCC1CCN(CCCOc2ccccc2)CC1. The molecule has 3 heteroatoms. The average molecular weight is 262 g/mol. The van der Waals surface area contributed by atoms with Gasteiger partial charge in [-0.3, -0.25) is 0 Å². The minimum atomic E-state index is 0.812. The maximum atomic E-state index is 5.71. The Balaban J connectivity index is 1.55. The lowest BCUT2D eigenvalue weighted by molar-refractivity contribution is 0.168. The van der Waals surface area contributed by atoms with Gasteiger partial charge in [-0.25, -0.2) is 0 Å². The van der Waals surface area contributed by atoms with Crippen LogP contribution in [0.2, 0.25) is 0 Å². The van der Waals surface area contributed by atoms with Crippen molar-refractivity contribution in [2.24, 2.45) is 11.7 Å². The summed E-state index contributed by atoms with van der Waals surface area (Å²) in [5.74, 6) is 1.84. The van der Waals surface area contributed by atoms with Gasteiger partial charge >= 0.3 is 0 Å². The van der Waals surface area contributed by atoms with Gasteiger partial charge in [0.15, 0.2) is 0 Å². The minimum absolute atomic E-state index is 0.812. The van der Waals surface area contributed by atoms with E-state index in [1.54, 1.807) is 0 Å². The quantitative estimate of drug-likeness (QED) is 0.767. The molecule has 0 saturated carbocycles. The van der Waals surface area contributed by atoms with Crippen LogP contribution in [0.15, 0.2) is 30.3 Å². The van der Waals surface area contributed by atoms with Crippen LogP contribution in [0.4, 0.5) is 0 Å². The van der Waals surface area contributed by atoms with Crippen LogP contribution >= 0.6 is 0 Å². The summed E-state index contributed by atoms with van der Waals surface area (Å²) in [6, 6.07) is 10.1. The lowest BCUT2D eigenvalue weighted by Gasteiger charge is -2.31. The molecule has 1 heterocycles. The number of likely N-dealkylation sites (tertiary alicyclic amines) is 1. The van der Waals surface area contributed by atoms with Crippen LogP contribution in [0.25, 0.3) is 0 Å². The number of para-hydroxylation sites is 1. The predicted molar refractivity (Wildman–Crippen MR) is 79.4 cm³/mol. The van der Waals surface area contributed by atoms with Crippen molar-refractivity contribution < 1.29 is 4.74 Å². The highest BCUT2D eigenvalue weighted by Gasteiger charge is 2.17. The van der Waals surface area contributed by atoms with E-state index in [1.807, 2.05) is 30.3 Å². The highest BCUT2D eigenvalue weighted by Crippen LogP contribution is 2.19. The maximum absolute atomic E-state index is 5.71. The monoisotopic (exact) mass is 262 g/mol. The fourth-order valence-corrected chi connectivity index (χ4v) is 2.73. The van der Waals surface area contributed by atoms with E-state index >= 15 is 0 Å². The predicted octanol–water partition coefficient (Wildman–Crippen LogP) is 2.52. The number of piperidine rings is 1. The normalized spacial score (nSPS) is 17.5. The molecule has 0 spiro atoms. The average Bonchev–Trinajstić information content (AvgIpc) is 2.47. The molecule has 0 bridgehead atoms. The lowest BCUT2D eigenvalue weighted by Crippen LogP contribution is -2.35. The summed E-state index contributed by atoms with van der Waals surface area (Å²) < 4.78 is 5.71. The Kier molecular flexibility index (Phi) is 6.18. The summed E-state index contributed by atoms with van der Waals surface area (Å²) >= 11 is 0. The first-order valence-corrected chi connectivity index (χ1v) is 7.49. The van der Waals surface area contributed by atoms with E-state index in [2.05, 4.69) is 4.90 Å². The van der Waals surface area contributed by atoms with Gasteiger partial charge in [-0.2, -0.15) is 0 Å². The summed E-state index contributed by atoms with van der Waals surface area (Å²) in [7, 11) is 0. The van der Waals surface area contributed by atoms with Gasteiger partial charge in [0.1, 0.15) is 5.75 Å². The zero-order valence-electron chi connectivity index (χ0n) is 11.8. The number of benzene rings is 1. The molecule has 0 atom stereocenters. The summed E-state index contributed by atoms with van der Waals surface area (Å²) in [5.41, 5.74) is 5.62. The van der Waals surface area contributed by atoms with E-state index in [0.29, 0.717) is 0 Å². The van der Waals surface area contributed by atoms with Crippen molar-refractivity contribution in [1.82, 2.24) is 4.90 Å². The van der Waals surface area contributed by atoms with Crippen molar-refractivity contribution in [1.29, 1.82) is 0 Å². The Morgan fingerprint density at radius 2 is 1.89 bits per heavy atom. The highest BCUT2D eigenvalue weighted by molar-refractivity contribution is 5.20. The van der Waals surface area contributed by atoms with Gasteiger partial charge in [0.25, 0.3) is 0 Å². The zero-order chi connectivity index (χ0) is 13.3. The fourth-order valence-electron chi connectivity index (χ4n) is 2.73.